The maximum Gasteiger partial charge on any atom is 0.119 e. The normalized spacial score (nSPS) is 14.4. The molecule has 1 heterocycles. The van der Waals surface area contributed by atoms with Crippen LogP contribution in [0.15, 0.2) is 24.3 Å². The van der Waals surface area contributed by atoms with E-state index in [0.29, 0.717) is 19.1 Å². The summed E-state index contributed by atoms with van der Waals surface area (Å²) in [7, 11) is 0. The van der Waals surface area contributed by atoms with Crippen molar-refractivity contribution in [3.05, 3.63) is 41.2 Å². The van der Waals surface area contributed by atoms with Gasteiger partial charge in [0.05, 0.1) is 18.0 Å². The molecule has 2 N–H and O–H groups in total. The quantitative estimate of drug-likeness (QED) is 0.794. The van der Waals surface area contributed by atoms with Gasteiger partial charge in [-0.2, -0.15) is 0 Å². The summed E-state index contributed by atoms with van der Waals surface area (Å²) in [6, 6.07) is 8.13. The van der Waals surface area contributed by atoms with E-state index in [1.165, 1.54) is 24.1 Å². The van der Waals surface area contributed by atoms with E-state index in [1.807, 2.05) is 16.8 Å². The van der Waals surface area contributed by atoms with Gasteiger partial charge in [-0.1, -0.05) is 17.3 Å². The number of hydrogen-bond donors (Lipinski definition) is 1. The fourth-order valence-corrected chi connectivity index (χ4v) is 2.58. The first-order valence-electron chi connectivity index (χ1n) is 7.59. The minimum absolute atomic E-state index is 0.478. The molecule has 0 amide bonds. The summed E-state index contributed by atoms with van der Waals surface area (Å²) in [5.41, 5.74) is 9.15. The summed E-state index contributed by atoms with van der Waals surface area (Å²) < 4.78 is 7.78. The lowest BCUT2D eigenvalue weighted by Gasteiger charge is -2.09. The number of aryl methyl sites for hydroxylation is 2. The van der Waals surface area contributed by atoms with Crippen molar-refractivity contribution in [2.45, 2.75) is 45.2 Å². The van der Waals surface area contributed by atoms with Gasteiger partial charge in [0.1, 0.15) is 5.75 Å². The van der Waals surface area contributed by atoms with Crippen LogP contribution in [0, 0.1) is 6.92 Å². The highest BCUT2D eigenvalue weighted by atomic mass is 16.5. The first-order chi connectivity index (χ1) is 10.3. The highest BCUT2D eigenvalue weighted by Gasteiger charge is 2.30. The highest BCUT2D eigenvalue weighted by Crippen LogP contribution is 2.41. The van der Waals surface area contributed by atoms with Gasteiger partial charge in [0, 0.05) is 25.4 Å². The summed E-state index contributed by atoms with van der Waals surface area (Å²) in [6.07, 6.45) is 3.39. The fraction of sp³-hybridized carbons (Fsp3) is 0.500. The van der Waals surface area contributed by atoms with E-state index < -0.39 is 0 Å². The fourth-order valence-electron chi connectivity index (χ4n) is 2.58. The molecule has 0 atom stereocenters. The lowest BCUT2D eigenvalue weighted by molar-refractivity contribution is 0.296. The lowest BCUT2D eigenvalue weighted by Crippen LogP contribution is -2.10. The lowest BCUT2D eigenvalue weighted by atomic mass is 10.2. The SMILES string of the molecule is Cc1cccc(OCCCn2nnc(CN)c2C2CC2)c1. The standard InChI is InChI=1S/C16H22N4O/c1-12-4-2-5-14(10-12)21-9-3-8-20-16(13-6-7-13)15(11-17)18-19-20/h2,4-5,10,13H,3,6-9,11,17H2,1H3. The Morgan fingerprint density at radius 2 is 2.24 bits per heavy atom. The molecule has 0 radical (unpaired) electrons. The van der Waals surface area contributed by atoms with Crippen LogP contribution in [0.1, 0.15) is 42.1 Å². The molecule has 0 saturated heterocycles. The van der Waals surface area contributed by atoms with E-state index in [2.05, 4.69) is 29.4 Å². The third kappa shape index (κ3) is 3.42. The van der Waals surface area contributed by atoms with Crippen molar-refractivity contribution >= 4 is 0 Å². The molecule has 1 aliphatic rings. The summed E-state index contributed by atoms with van der Waals surface area (Å²) >= 11 is 0. The topological polar surface area (TPSA) is 66.0 Å². The van der Waals surface area contributed by atoms with Crippen LogP contribution in [0.2, 0.25) is 0 Å². The number of aromatic nitrogens is 3. The van der Waals surface area contributed by atoms with E-state index in [0.717, 1.165) is 24.4 Å². The minimum Gasteiger partial charge on any atom is -0.494 e. The second-order valence-electron chi connectivity index (χ2n) is 5.64. The van der Waals surface area contributed by atoms with Crippen molar-refractivity contribution in [2.75, 3.05) is 6.61 Å². The van der Waals surface area contributed by atoms with E-state index in [4.69, 9.17) is 10.5 Å². The number of rotatable bonds is 7. The number of benzene rings is 1. The Morgan fingerprint density at radius 1 is 1.38 bits per heavy atom. The Labute approximate surface area is 125 Å². The number of nitrogens with zero attached hydrogens (tertiary/aromatic N) is 3. The van der Waals surface area contributed by atoms with Gasteiger partial charge in [0.25, 0.3) is 0 Å². The van der Waals surface area contributed by atoms with Crippen LogP contribution < -0.4 is 10.5 Å². The van der Waals surface area contributed by atoms with Gasteiger partial charge in [-0.25, -0.2) is 4.68 Å². The van der Waals surface area contributed by atoms with E-state index in [9.17, 15) is 0 Å². The zero-order chi connectivity index (χ0) is 14.7. The molecule has 112 valence electrons. The first kappa shape index (κ1) is 14.1. The molecule has 5 heteroatoms. The van der Waals surface area contributed by atoms with Crippen LogP contribution in [0.4, 0.5) is 0 Å². The van der Waals surface area contributed by atoms with E-state index >= 15 is 0 Å². The first-order valence-corrected chi connectivity index (χ1v) is 7.59. The minimum atomic E-state index is 0.478. The molecular formula is C16H22N4O. The van der Waals surface area contributed by atoms with Gasteiger partial charge in [-0.3, -0.25) is 0 Å². The van der Waals surface area contributed by atoms with Crippen molar-refractivity contribution in [3.63, 3.8) is 0 Å². The number of ether oxygens (including phenoxy) is 1. The smallest absolute Gasteiger partial charge is 0.119 e. The van der Waals surface area contributed by atoms with Crippen molar-refractivity contribution < 1.29 is 4.74 Å². The maximum absolute atomic E-state index is 5.77. The molecule has 1 aliphatic carbocycles. The molecule has 0 spiro atoms. The summed E-state index contributed by atoms with van der Waals surface area (Å²) in [4.78, 5) is 0. The Hall–Kier alpha value is -1.88. The highest BCUT2D eigenvalue weighted by molar-refractivity contribution is 5.27. The Balaban J connectivity index is 1.53. The van der Waals surface area contributed by atoms with Crippen LogP contribution in [-0.2, 0) is 13.1 Å². The molecule has 1 aromatic heterocycles. The summed E-state index contributed by atoms with van der Waals surface area (Å²) in [6.45, 7) is 4.07. The van der Waals surface area contributed by atoms with Gasteiger partial charge in [-0.05, 0) is 37.5 Å². The molecule has 3 rings (SSSR count). The second-order valence-corrected chi connectivity index (χ2v) is 5.64. The van der Waals surface area contributed by atoms with E-state index in [1.54, 1.807) is 0 Å². The van der Waals surface area contributed by atoms with Gasteiger partial charge in [-0.15, -0.1) is 5.10 Å². The molecular weight excluding hydrogens is 264 g/mol. The van der Waals surface area contributed by atoms with Crippen LogP contribution >= 0.6 is 0 Å². The summed E-state index contributed by atoms with van der Waals surface area (Å²) in [5, 5.41) is 8.43. The zero-order valence-corrected chi connectivity index (χ0v) is 12.5. The van der Waals surface area contributed by atoms with Crippen LogP contribution in [0.5, 0.6) is 5.75 Å². The monoisotopic (exact) mass is 286 g/mol. The van der Waals surface area contributed by atoms with Crippen LogP contribution in [-0.4, -0.2) is 21.6 Å². The van der Waals surface area contributed by atoms with Gasteiger partial charge in [0.15, 0.2) is 0 Å². The van der Waals surface area contributed by atoms with Crippen molar-refractivity contribution in [3.8, 4) is 5.75 Å². The second kappa shape index (κ2) is 6.26. The molecule has 21 heavy (non-hydrogen) atoms. The average molecular weight is 286 g/mol. The molecule has 0 unspecified atom stereocenters. The zero-order valence-electron chi connectivity index (χ0n) is 12.5. The number of hydrogen-bond acceptors (Lipinski definition) is 4. The third-order valence-corrected chi connectivity index (χ3v) is 3.78. The number of nitrogens with two attached hydrogens (primary N) is 1. The Kier molecular flexibility index (Phi) is 4.20. The van der Waals surface area contributed by atoms with Gasteiger partial charge >= 0.3 is 0 Å². The third-order valence-electron chi connectivity index (χ3n) is 3.78. The van der Waals surface area contributed by atoms with Gasteiger partial charge < -0.3 is 10.5 Å². The molecule has 1 aromatic carbocycles. The predicted octanol–water partition coefficient (Wildman–Crippen LogP) is 2.39. The van der Waals surface area contributed by atoms with Crippen molar-refractivity contribution in [1.82, 2.24) is 15.0 Å². The molecule has 0 aliphatic heterocycles. The van der Waals surface area contributed by atoms with Crippen molar-refractivity contribution in [1.29, 1.82) is 0 Å². The molecule has 0 bridgehead atoms. The molecule has 2 aromatic rings. The Bertz CT molecular complexity index is 604. The average Bonchev–Trinajstić information content (AvgIpc) is 3.24. The van der Waals surface area contributed by atoms with Crippen molar-refractivity contribution in [2.24, 2.45) is 5.73 Å². The van der Waals surface area contributed by atoms with E-state index in [-0.39, 0.29) is 0 Å². The molecule has 5 nitrogen and oxygen atoms in total. The largest absolute Gasteiger partial charge is 0.494 e. The summed E-state index contributed by atoms with van der Waals surface area (Å²) in [5.74, 6) is 1.55. The Morgan fingerprint density at radius 3 is 2.95 bits per heavy atom. The maximum atomic E-state index is 5.77. The van der Waals surface area contributed by atoms with Crippen LogP contribution in [0.25, 0.3) is 0 Å². The predicted molar refractivity (Wildman–Crippen MR) is 81.2 cm³/mol. The van der Waals surface area contributed by atoms with Crippen LogP contribution in [0.3, 0.4) is 0 Å². The van der Waals surface area contributed by atoms with Gasteiger partial charge in [0.2, 0.25) is 0 Å². The molecule has 1 saturated carbocycles. The molecule has 1 fully saturated rings.